The quantitative estimate of drug-likeness (QED) is 0.686. The van der Waals surface area contributed by atoms with E-state index in [4.69, 9.17) is 9.47 Å². The number of carbonyl (C=O) groups is 2. The maximum atomic E-state index is 12.3. The van der Waals surface area contributed by atoms with Crippen molar-refractivity contribution >= 4 is 11.6 Å². The zero-order chi connectivity index (χ0) is 17.5. The van der Waals surface area contributed by atoms with Crippen LogP contribution in [0, 0.1) is 17.8 Å². The number of hydrogen-bond acceptors (Lipinski definition) is 6. The van der Waals surface area contributed by atoms with Crippen LogP contribution in [0.3, 0.4) is 0 Å². The molecule has 0 aromatic carbocycles. The van der Waals surface area contributed by atoms with Gasteiger partial charge in [0.25, 0.3) is 0 Å². The van der Waals surface area contributed by atoms with Crippen LogP contribution in [0.15, 0.2) is 0 Å². The number of hydrogen-bond donors (Lipinski definition) is 2. The van der Waals surface area contributed by atoms with E-state index in [1.807, 2.05) is 6.92 Å². The third-order valence-electron chi connectivity index (χ3n) is 5.29. The fraction of sp³-hybridized carbons (Fsp3) is 0.889. The fourth-order valence-electron chi connectivity index (χ4n) is 3.68. The van der Waals surface area contributed by atoms with Crippen molar-refractivity contribution in [2.24, 2.45) is 17.8 Å². The molecule has 0 saturated carbocycles. The first kappa shape index (κ1) is 19.5. The molecule has 2 rings (SSSR count). The lowest BCUT2D eigenvalue weighted by atomic mass is 9.72. The molecule has 2 aliphatic heterocycles. The number of ketones is 2. The molecule has 4 unspecified atom stereocenters. The second kappa shape index (κ2) is 9.61. The molecule has 6 heteroatoms. The van der Waals surface area contributed by atoms with Gasteiger partial charge in [-0.3, -0.25) is 9.59 Å². The average Bonchev–Trinajstić information content (AvgIpc) is 2.59. The highest BCUT2D eigenvalue weighted by molar-refractivity contribution is 5.85. The second-order valence-corrected chi connectivity index (χ2v) is 6.99. The summed E-state index contributed by atoms with van der Waals surface area (Å²) in [5.74, 6) is -0.713. The Kier molecular flexibility index (Phi) is 7.81. The van der Waals surface area contributed by atoms with Gasteiger partial charge in [0.2, 0.25) is 0 Å². The van der Waals surface area contributed by atoms with Crippen LogP contribution >= 0.6 is 0 Å². The van der Waals surface area contributed by atoms with Gasteiger partial charge < -0.3 is 19.7 Å². The molecule has 2 saturated heterocycles. The third kappa shape index (κ3) is 5.34. The average molecular weight is 342 g/mol. The van der Waals surface area contributed by atoms with Gasteiger partial charge in [0.05, 0.1) is 38.6 Å². The van der Waals surface area contributed by atoms with E-state index >= 15 is 0 Å². The summed E-state index contributed by atoms with van der Waals surface area (Å²) in [6.07, 6.45) is 1.69. The summed E-state index contributed by atoms with van der Waals surface area (Å²) >= 11 is 0. The largest absolute Gasteiger partial charge is 0.393 e. The molecule has 6 nitrogen and oxygen atoms in total. The van der Waals surface area contributed by atoms with Gasteiger partial charge in [-0.2, -0.15) is 0 Å². The zero-order valence-electron chi connectivity index (χ0n) is 14.5. The highest BCUT2D eigenvalue weighted by Gasteiger charge is 2.41. The predicted octanol–water partition coefficient (Wildman–Crippen LogP) is 1.12. The SMILES string of the molecule is CCC(O)CCC(O)CC(C1COCCC1=O)C1COCCC1=O. The van der Waals surface area contributed by atoms with Gasteiger partial charge >= 0.3 is 0 Å². The summed E-state index contributed by atoms with van der Waals surface area (Å²) in [5, 5.41) is 20.0. The Labute approximate surface area is 143 Å². The molecule has 0 radical (unpaired) electrons. The first-order valence-corrected chi connectivity index (χ1v) is 9.10. The van der Waals surface area contributed by atoms with Crippen molar-refractivity contribution in [1.82, 2.24) is 0 Å². The highest BCUT2D eigenvalue weighted by atomic mass is 16.5. The molecule has 0 aromatic heterocycles. The molecule has 0 spiro atoms. The van der Waals surface area contributed by atoms with Crippen molar-refractivity contribution < 1.29 is 29.3 Å². The smallest absolute Gasteiger partial charge is 0.140 e. The van der Waals surface area contributed by atoms with Gasteiger partial charge in [-0.05, 0) is 31.6 Å². The van der Waals surface area contributed by atoms with Gasteiger partial charge in [0, 0.05) is 24.7 Å². The molecule has 0 aromatic rings. The van der Waals surface area contributed by atoms with Crippen LogP contribution in [-0.2, 0) is 19.1 Å². The molecule has 0 amide bonds. The summed E-state index contributed by atoms with van der Waals surface area (Å²) in [4.78, 5) is 24.7. The Morgan fingerprint density at radius 2 is 1.46 bits per heavy atom. The van der Waals surface area contributed by atoms with E-state index in [2.05, 4.69) is 0 Å². The molecule has 4 atom stereocenters. The minimum absolute atomic E-state index is 0.116. The molecule has 138 valence electrons. The second-order valence-electron chi connectivity index (χ2n) is 6.99. The maximum absolute atomic E-state index is 12.3. The summed E-state index contributed by atoms with van der Waals surface area (Å²) in [6.45, 7) is 3.40. The minimum atomic E-state index is -0.638. The molecule has 24 heavy (non-hydrogen) atoms. The molecule has 0 bridgehead atoms. The summed E-state index contributed by atoms with van der Waals surface area (Å²) in [5.41, 5.74) is 0. The van der Waals surface area contributed by atoms with E-state index in [-0.39, 0.29) is 29.3 Å². The normalized spacial score (nSPS) is 29.3. The van der Waals surface area contributed by atoms with Crippen LogP contribution in [0.2, 0.25) is 0 Å². The number of rotatable bonds is 8. The Bertz CT molecular complexity index is 396. The van der Waals surface area contributed by atoms with Crippen LogP contribution in [0.25, 0.3) is 0 Å². The first-order valence-electron chi connectivity index (χ1n) is 9.10. The van der Waals surface area contributed by atoms with Gasteiger partial charge in [0.15, 0.2) is 0 Å². The standard InChI is InChI=1S/C18H30O6/c1-2-12(19)3-4-13(20)9-14(15-10-23-7-5-17(15)21)16-11-24-8-6-18(16)22/h12-16,19-20H,2-11H2,1H3. The van der Waals surface area contributed by atoms with Crippen molar-refractivity contribution in [2.45, 2.75) is 57.7 Å². The van der Waals surface area contributed by atoms with Gasteiger partial charge in [-0.25, -0.2) is 0 Å². The number of aliphatic hydroxyl groups is 2. The number of ether oxygens (including phenoxy) is 2. The van der Waals surface area contributed by atoms with Gasteiger partial charge in [-0.1, -0.05) is 6.92 Å². The third-order valence-corrected chi connectivity index (χ3v) is 5.29. The van der Waals surface area contributed by atoms with E-state index in [9.17, 15) is 19.8 Å². The molecular weight excluding hydrogens is 312 g/mol. The van der Waals surface area contributed by atoms with Crippen molar-refractivity contribution in [2.75, 3.05) is 26.4 Å². The number of aliphatic hydroxyl groups excluding tert-OH is 2. The van der Waals surface area contributed by atoms with Crippen LogP contribution in [0.5, 0.6) is 0 Å². The minimum Gasteiger partial charge on any atom is -0.393 e. The summed E-state index contributed by atoms with van der Waals surface area (Å²) in [6, 6.07) is 0. The molecular formula is C18H30O6. The number of carbonyl (C=O) groups excluding carboxylic acids is 2. The lowest BCUT2D eigenvalue weighted by Crippen LogP contribution is -2.44. The maximum Gasteiger partial charge on any atom is 0.140 e. The van der Waals surface area contributed by atoms with E-state index < -0.39 is 12.2 Å². The topological polar surface area (TPSA) is 93.1 Å². The lowest BCUT2D eigenvalue weighted by Gasteiger charge is -2.36. The molecule has 2 N–H and O–H groups in total. The Morgan fingerprint density at radius 1 is 0.958 bits per heavy atom. The van der Waals surface area contributed by atoms with Crippen molar-refractivity contribution in [3.8, 4) is 0 Å². The van der Waals surface area contributed by atoms with E-state index in [0.29, 0.717) is 65.0 Å². The van der Waals surface area contributed by atoms with E-state index in [1.165, 1.54) is 0 Å². The van der Waals surface area contributed by atoms with Crippen molar-refractivity contribution in [3.05, 3.63) is 0 Å². The monoisotopic (exact) mass is 342 g/mol. The molecule has 2 aliphatic rings. The Balaban J connectivity index is 2.04. The first-order chi connectivity index (χ1) is 11.5. The molecule has 2 fully saturated rings. The lowest BCUT2D eigenvalue weighted by molar-refractivity contribution is -0.143. The fourth-order valence-corrected chi connectivity index (χ4v) is 3.68. The molecule has 0 aliphatic carbocycles. The predicted molar refractivity (Wildman–Crippen MR) is 87.5 cm³/mol. The van der Waals surface area contributed by atoms with Crippen LogP contribution < -0.4 is 0 Å². The van der Waals surface area contributed by atoms with E-state index in [1.54, 1.807) is 0 Å². The van der Waals surface area contributed by atoms with Crippen molar-refractivity contribution in [1.29, 1.82) is 0 Å². The van der Waals surface area contributed by atoms with Crippen LogP contribution in [0.4, 0.5) is 0 Å². The van der Waals surface area contributed by atoms with Crippen molar-refractivity contribution in [3.63, 3.8) is 0 Å². The zero-order valence-corrected chi connectivity index (χ0v) is 14.5. The summed E-state index contributed by atoms with van der Waals surface area (Å²) in [7, 11) is 0. The van der Waals surface area contributed by atoms with E-state index in [0.717, 1.165) is 0 Å². The van der Waals surface area contributed by atoms with Crippen LogP contribution in [0.1, 0.15) is 45.4 Å². The highest BCUT2D eigenvalue weighted by Crippen LogP contribution is 2.34. The Morgan fingerprint density at radius 3 is 1.92 bits per heavy atom. The summed E-state index contributed by atoms with van der Waals surface area (Å²) < 4.78 is 10.9. The Hall–Kier alpha value is -0.820. The number of Topliss-reactive ketones (excluding diaryl/α,β-unsaturated/α-hetero) is 2. The molecule has 2 heterocycles. The van der Waals surface area contributed by atoms with Crippen LogP contribution in [-0.4, -0.2) is 60.4 Å². The van der Waals surface area contributed by atoms with Gasteiger partial charge in [-0.15, -0.1) is 0 Å². The van der Waals surface area contributed by atoms with Gasteiger partial charge in [0.1, 0.15) is 11.6 Å².